The number of benzene rings is 1. The number of carbonyl (C=O) groups is 1. The molecule has 6 heteroatoms. The first-order valence-electron chi connectivity index (χ1n) is 8.81. The fourth-order valence-electron chi connectivity index (χ4n) is 3.75. The van der Waals surface area contributed by atoms with E-state index < -0.39 is 12.0 Å². The molecule has 1 aromatic carbocycles. The van der Waals surface area contributed by atoms with Gasteiger partial charge in [-0.15, -0.1) is 11.3 Å². The van der Waals surface area contributed by atoms with E-state index in [0.717, 1.165) is 29.8 Å². The smallest absolute Gasteiger partial charge is 0.320 e. The first-order chi connectivity index (χ1) is 12.6. The number of hydrogen-bond acceptors (Lipinski definition) is 5. The fraction of sp³-hybridized carbons (Fsp3) is 0.450. The summed E-state index contributed by atoms with van der Waals surface area (Å²) in [6.07, 6.45) is 2.61. The second-order valence-electron chi connectivity index (χ2n) is 6.60. The van der Waals surface area contributed by atoms with E-state index >= 15 is 0 Å². The molecular formula is C20H25NO4S. The Kier molecular flexibility index (Phi) is 5.84. The first kappa shape index (κ1) is 18.7. The summed E-state index contributed by atoms with van der Waals surface area (Å²) in [6, 6.07) is 7.29. The summed E-state index contributed by atoms with van der Waals surface area (Å²) >= 11 is 1.66. The molecule has 26 heavy (non-hydrogen) atoms. The lowest BCUT2D eigenvalue weighted by Gasteiger charge is -2.39. The third-order valence-electron chi connectivity index (χ3n) is 4.91. The molecule has 1 aromatic heterocycles. The molecule has 140 valence electrons. The Morgan fingerprint density at radius 1 is 1.31 bits per heavy atom. The molecule has 2 unspecified atom stereocenters. The summed E-state index contributed by atoms with van der Waals surface area (Å²) < 4.78 is 11.1. The molecule has 0 bridgehead atoms. The Morgan fingerprint density at radius 3 is 2.73 bits per heavy atom. The molecule has 0 spiro atoms. The number of aryl methyl sites for hydroxylation is 1. The maximum atomic E-state index is 11.9. The standard InChI is InChI=1S/C20H25NO4S/c1-13-11-17(26-12-13)18(21-10-5-4-8-15(21)20(22)23)14-7-6-9-16(24-2)19(14)25-3/h6-7,9,11-12,15,18H,4-5,8,10H2,1-3H3,(H,22,23). The number of piperidine rings is 1. The van der Waals surface area contributed by atoms with E-state index in [0.29, 0.717) is 17.9 Å². The van der Waals surface area contributed by atoms with E-state index in [-0.39, 0.29) is 6.04 Å². The van der Waals surface area contributed by atoms with Crippen molar-refractivity contribution in [3.05, 3.63) is 45.6 Å². The molecule has 0 radical (unpaired) electrons. The largest absolute Gasteiger partial charge is 0.493 e. The van der Waals surface area contributed by atoms with E-state index in [9.17, 15) is 9.90 Å². The van der Waals surface area contributed by atoms with E-state index in [4.69, 9.17) is 9.47 Å². The van der Waals surface area contributed by atoms with Gasteiger partial charge in [-0.1, -0.05) is 18.6 Å². The molecule has 2 aromatic rings. The second kappa shape index (κ2) is 8.10. The van der Waals surface area contributed by atoms with Gasteiger partial charge in [0.1, 0.15) is 6.04 Å². The van der Waals surface area contributed by atoms with Crippen LogP contribution in [0.25, 0.3) is 0 Å². The molecule has 1 N–H and O–H groups in total. The Labute approximate surface area is 158 Å². The van der Waals surface area contributed by atoms with Crippen LogP contribution in [0.15, 0.2) is 29.6 Å². The van der Waals surface area contributed by atoms with Gasteiger partial charge >= 0.3 is 5.97 Å². The molecule has 3 rings (SSSR count). The zero-order valence-electron chi connectivity index (χ0n) is 15.4. The van der Waals surface area contributed by atoms with Gasteiger partial charge in [-0.3, -0.25) is 9.69 Å². The van der Waals surface area contributed by atoms with Crippen LogP contribution in [-0.2, 0) is 4.79 Å². The minimum Gasteiger partial charge on any atom is -0.493 e. The molecule has 2 heterocycles. The SMILES string of the molecule is COc1cccc(C(c2cc(C)cs2)N2CCCCC2C(=O)O)c1OC. The van der Waals surface area contributed by atoms with E-state index in [1.807, 2.05) is 18.2 Å². The van der Waals surface area contributed by atoms with Gasteiger partial charge in [-0.2, -0.15) is 0 Å². The first-order valence-corrected chi connectivity index (χ1v) is 9.69. The number of ether oxygens (including phenoxy) is 2. The number of hydrogen-bond donors (Lipinski definition) is 1. The third-order valence-corrected chi connectivity index (χ3v) is 6.01. The summed E-state index contributed by atoms with van der Waals surface area (Å²) in [5.41, 5.74) is 2.13. The lowest BCUT2D eigenvalue weighted by Crippen LogP contribution is -2.46. The summed E-state index contributed by atoms with van der Waals surface area (Å²) in [7, 11) is 3.25. The van der Waals surface area contributed by atoms with Crippen LogP contribution in [0.3, 0.4) is 0 Å². The highest BCUT2D eigenvalue weighted by molar-refractivity contribution is 7.10. The minimum absolute atomic E-state index is 0.167. The number of aliphatic carboxylic acids is 1. The Morgan fingerprint density at radius 2 is 2.12 bits per heavy atom. The molecule has 5 nitrogen and oxygen atoms in total. The molecule has 2 atom stereocenters. The van der Waals surface area contributed by atoms with Crippen molar-refractivity contribution in [2.24, 2.45) is 0 Å². The second-order valence-corrected chi connectivity index (χ2v) is 7.54. The third kappa shape index (κ3) is 3.57. The average Bonchev–Trinajstić information content (AvgIpc) is 3.07. The van der Waals surface area contributed by atoms with Crippen molar-refractivity contribution >= 4 is 17.3 Å². The highest BCUT2D eigenvalue weighted by Gasteiger charge is 2.37. The summed E-state index contributed by atoms with van der Waals surface area (Å²) in [5, 5.41) is 11.9. The predicted molar refractivity (Wildman–Crippen MR) is 102 cm³/mol. The topological polar surface area (TPSA) is 59.0 Å². The number of methoxy groups -OCH3 is 2. The zero-order chi connectivity index (χ0) is 18.7. The number of carboxylic acid groups (broad SMARTS) is 1. The molecule has 1 fully saturated rings. The van der Waals surface area contributed by atoms with Gasteiger partial charge in [0.2, 0.25) is 0 Å². The molecule has 0 amide bonds. The van der Waals surface area contributed by atoms with Crippen LogP contribution in [0.5, 0.6) is 11.5 Å². The van der Waals surface area contributed by atoms with Crippen molar-refractivity contribution in [1.29, 1.82) is 0 Å². The Balaban J connectivity index is 2.15. The summed E-state index contributed by atoms with van der Waals surface area (Å²) in [5.74, 6) is 0.567. The monoisotopic (exact) mass is 375 g/mol. The van der Waals surface area contributed by atoms with E-state index in [1.165, 1.54) is 5.56 Å². The number of thiophene rings is 1. The van der Waals surface area contributed by atoms with E-state index in [2.05, 4.69) is 23.3 Å². The van der Waals surface area contributed by atoms with E-state index in [1.54, 1.807) is 25.6 Å². The number of nitrogens with zero attached hydrogens (tertiary/aromatic N) is 1. The van der Waals surface area contributed by atoms with Crippen LogP contribution < -0.4 is 9.47 Å². The maximum absolute atomic E-state index is 11.9. The Hall–Kier alpha value is -2.05. The minimum atomic E-state index is -0.759. The van der Waals surface area contributed by atoms with Gasteiger partial charge < -0.3 is 14.6 Å². The molecule has 0 aliphatic carbocycles. The van der Waals surface area contributed by atoms with Crippen molar-refractivity contribution in [2.45, 2.75) is 38.3 Å². The average molecular weight is 375 g/mol. The predicted octanol–water partition coefficient (Wildman–Crippen LogP) is 4.10. The van der Waals surface area contributed by atoms with Crippen molar-refractivity contribution in [1.82, 2.24) is 4.90 Å². The van der Waals surface area contributed by atoms with Crippen LogP contribution in [0.1, 0.15) is 41.3 Å². The summed E-state index contributed by atoms with van der Waals surface area (Å²) in [6.45, 7) is 2.81. The quantitative estimate of drug-likeness (QED) is 0.824. The van der Waals surface area contributed by atoms with Gasteiger partial charge in [0.15, 0.2) is 11.5 Å². The highest BCUT2D eigenvalue weighted by atomic mass is 32.1. The van der Waals surface area contributed by atoms with Crippen LogP contribution in [0, 0.1) is 6.92 Å². The van der Waals surface area contributed by atoms with Crippen LogP contribution >= 0.6 is 11.3 Å². The van der Waals surface area contributed by atoms with Crippen molar-refractivity contribution in [3.8, 4) is 11.5 Å². The van der Waals surface area contributed by atoms with Crippen molar-refractivity contribution in [2.75, 3.05) is 20.8 Å². The molecule has 1 saturated heterocycles. The number of para-hydroxylation sites is 1. The maximum Gasteiger partial charge on any atom is 0.320 e. The number of rotatable bonds is 6. The van der Waals surface area contributed by atoms with Gasteiger partial charge in [0, 0.05) is 10.4 Å². The van der Waals surface area contributed by atoms with Crippen LogP contribution in [0.4, 0.5) is 0 Å². The lowest BCUT2D eigenvalue weighted by atomic mass is 9.94. The fourth-order valence-corrected chi connectivity index (χ4v) is 4.78. The van der Waals surface area contributed by atoms with Gasteiger partial charge in [-0.25, -0.2) is 0 Å². The summed E-state index contributed by atoms with van der Waals surface area (Å²) in [4.78, 5) is 15.2. The molecule has 1 aliphatic rings. The zero-order valence-corrected chi connectivity index (χ0v) is 16.2. The number of carboxylic acids is 1. The highest BCUT2D eigenvalue weighted by Crippen LogP contribution is 2.43. The number of likely N-dealkylation sites (tertiary alicyclic amines) is 1. The lowest BCUT2D eigenvalue weighted by molar-refractivity contribution is -0.145. The van der Waals surface area contributed by atoms with Crippen molar-refractivity contribution < 1.29 is 19.4 Å². The van der Waals surface area contributed by atoms with Crippen LogP contribution in [-0.4, -0.2) is 42.8 Å². The van der Waals surface area contributed by atoms with Gasteiger partial charge in [0.05, 0.1) is 20.3 Å². The molecule has 1 aliphatic heterocycles. The molecule has 0 saturated carbocycles. The normalized spacial score (nSPS) is 19.1. The van der Waals surface area contributed by atoms with Gasteiger partial charge in [0.25, 0.3) is 0 Å². The van der Waals surface area contributed by atoms with Crippen LogP contribution in [0.2, 0.25) is 0 Å². The van der Waals surface area contributed by atoms with Gasteiger partial charge in [-0.05, 0) is 49.4 Å². The Bertz CT molecular complexity index is 773. The van der Waals surface area contributed by atoms with Crippen molar-refractivity contribution in [3.63, 3.8) is 0 Å². The molecular weight excluding hydrogens is 350 g/mol.